The van der Waals surface area contributed by atoms with Gasteiger partial charge in [-0.2, -0.15) is 9.67 Å². The molecule has 2 rings (SSSR count). The van der Waals surface area contributed by atoms with Crippen molar-refractivity contribution in [1.82, 2.24) is 24.7 Å². The van der Waals surface area contributed by atoms with Gasteiger partial charge < -0.3 is 5.73 Å². The predicted octanol–water partition coefficient (Wildman–Crippen LogP) is 0.510. The molecule has 6 nitrogen and oxygen atoms in total. The lowest BCUT2D eigenvalue weighted by molar-refractivity contribution is 0.813. The van der Waals surface area contributed by atoms with Crippen LogP contribution in [0.1, 0.15) is 18.4 Å². The summed E-state index contributed by atoms with van der Waals surface area (Å²) in [7, 11) is 0. The van der Waals surface area contributed by atoms with Gasteiger partial charge in [0.15, 0.2) is 11.6 Å². The molecule has 2 N–H and O–H groups in total. The molecule has 2 aromatic heterocycles. The number of anilines is 1. The van der Waals surface area contributed by atoms with E-state index in [0.717, 1.165) is 12.1 Å². The Morgan fingerprint density at radius 2 is 2.20 bits per heavy atom. The monoisotopic (exact) mass is 204 g/mol. The van der Waals surface area contributed by atoms with Gasteiger partial charge in [0, 0.05) is 18.2 Å². The lowest BCUT2D eigenvalue weighted by atomic mass is 10.4. The maximum absolute atomic E-state index is 5.73. The van der Waals surface area contributed by atoms with Crippen LogP contribution in [-0.2, 0) is 6.42 Å². The summed E-state index contributed by atoms with van der Waals surface area (Å²) in [6.45, 7) is 3.86. The van der Waals surface area contributed by atoms with Gasteiger partial charge in [-0.3, -0.25) is 0 Å². The number of hydrogen-bond donors (Lipinski definition) is 1. The minimum atomic E-state index is 0.352. The van der Waals surface area contributed by atoms with Crippen molar-refractivity contribution in [3.63, 3.8) is 0 Å². The topological polar surface area (TPSA) is 82.5 Å². The van der Waals surface area contributed by atoms with E-state index in [1.165, 1.54) is 11.0 Å². The fraction of sp³-hybridized carbons (Fsp3) is 0.333. The van der Waals surface area contributed by atoms with E-state index >= 15 is 0 Å². The Kier molecular flexibility index (Phi) is 2.32. The summed E-state index contributed by atoms with van der Waals surface area (Å²) < 4.78 is 1.52. The first-order valence-corrected chi connectivity index (χ1v) is 4.71. The number of aromatic nitrogens is 5. The fourth-order valence-electron chi connectivity index (χ4n) is 1.24. The number of nitrogen functional groups attached to an aromatic ring is 1. The Morgan fingerprint density at radius 3 is 2.80 bits per heavy atom. The van der Waals surface area contributed by atoms with E-state index in [9.17, 15) is 0 Å². The number of rotatable bonds is 2. The quantitative estimate of drug-likeness (QED) is 0.770. The van der Waals surface area contributed by atoms with Gasteiger partial charge in [0.2, 0.25) is 5.95 Å². The highest BCUT2D eigenvalue weighted by atomic mass is 15.4. The molecule has 0 unspecified atom stereocenters. The molecule has 0 aliphatic carbocycles. The van der Waals surface area contributed by atoms with Gasteiger partial charge >= 0.3 is 0 Å². The molecule has 78 valence electrons. The molecule has 0 amide bonds. The molecule has 0 aromatic carbocycles. The molecule has 0 aliphatic heterocycles. The average molecular weight is 204 g/mol. The summed E-state index contributed by atoms with van der Waals surface area (Å²) in [6, 6.07) is 1.81. The summed E-state index contributed by atoms with van der Waals surface area (Å²) in [6.07, 6.45) is 2.23. The van der Waals surface area contributed by atoms with Crippen molar-refractivity contribution >= 4 is 5.95 Å². The van der Waals surface area contributed by atoms with Crippen molar-refractivity contribution in [2.24, 2.45) is 0 Å². The highest BCUT2D eigenvalue weighted by Crippen LogP contribution is 2.09. The van der Waals surface area contributed by atoms with E-state index in [4.69, 9.17) is 5.73 Å². The van der Waals surface area contributed by atoms with Crippen molar-refractivity contribution in [1.29, 1.82) is 0 Å². The fourth-order valence-corrected chi connectivity index (χ4v) is 1.24. The van der Waals surface area contributed by atoms with E-state index in [1.54, 1.807) is 0 Å². The third-order valence-electron chi connectivity index (χ3n) is 2.00. The van der Waals surface area contributed by atoms with E-state index in [1.807, 2.05) is 19.9 Å². The maximum Gasteiger partial charge on any atom is 0.225 e. The van der Waals surface area contributed by atoms with Crippen molar-refractivity contribution < 1.29 is 0 Å². The van der Waals surface area contributed by atoms with Gasteiger partial charge in [0.1, 0.15) is 6.33 Å². The second-order valence-corrected chi connectivity index (χ2v) is 3.17. The molecule has 0 bridgehead atoms. The summed E-state index contributed by atoms with van der Waals surface area (Å²) >= 11 is 0. The van der Waals surface area contributed by atoms with Crippen LogP contribution in [0.25, 0.3) is 5.82 Å². The first-order chi connectivity index (χ1) is 7.20. The highest BCUT2D eigenvalue weighted by molar-refractivity contribution is 5.31. The molecule has 0 saturated heterocycles. The predicted molar refractivity (Wildman–Crippen MR) is 55.5 cm³/mol. The van der Waals surface area contributed by atoms with Crippen molar-refractivity contribution in [3.05, 3.63) is 23.9 Å². The Balaban J connectivity index is 2.48. The second-order valence-electron chi connectivity index (χ2n) is 3.17. The molecule has 0 aliphatic rings. The van der Waals surface area contributed by atoms with Gasteiger partial charge in [-0.25, -0.2) is 9.97 Å². The molecule has 2 aromatic rings. The van der Waals surface area contributed by atoms with Gasteiger partial charge in [-0.1, -0.05) is 6.92 Å². The number of hydrogen-bond acceptors (Lipinski definition) is 5. The maximum atomic E-state index is 5.73. The van der Waals surface area contributed by atoms with E-state index < -0.39 is 0 Å². The van der Waals surface area contributed by atoms with Gasteiger partial charge in [-0.05, 0) is 6.92 Å². The van der Waals surface area contributed by atoms with Crippen LogP contribution in [-0.4, -0.2) is 24.7 Å². The first-order valence-electron chi connectivity index (χ1n) is 4.71. The van der Waals surface area contributed by atoms with Crippen molar-refractivity contribution in [2.75, 3.05) is 5.73 Å². The molecule has 15 heavy (non-hydrogen) atoms. The van der Waals surface area contributed by atoms with Crippen LogP contribution in [0.15, 0.2) is 12.4 Å². The Hall–Kier alpha value is -1.98. The van der Waals surface area contributed by atoms with Gasteiger partial charge in [0.05, 0.1) is 0 Å². The highest BCUT2D eigenvalue weighted by Gasteiger charge is 2.08. The van der Waals surface area contributed by atoms with E-state index in [0.29, 0.717) is 17.6 Å². The van der Waals surface area contributed by atoms with Crippen LogP contribution in [0, 0.1) is 6.92 Å². The molecular weight excluding hydrogens is 192 g/mol. The zero-order valence-electron chi connectivity index (χ0n) is 8.68. The third-order valence-corrected chi connectivity index (χ3v) is 2.00. The molecular formula is C9H12N6. The van der Waals surface area contributed by atoms with Crippen molar-refractivity contribution in [3.8, 4) is 5.82 Å². The molecule has 0 saturated carbocycles. The molecule has 6 heteroatoms. The van der Waals surface area contributed by atoms with Crippen LogP contribution in [0.4, 0.5) is 5.95 Å². The average Bonchev–Trinajstić information content (AvgIpc) is 2.60. The Bertz CT molecular complexity index is 475. The van der Waals surface area contributed by atoms with E-state index in [2.05, 4.69) is 20.1 Å². The Labute approximate surface area is 87.2 Å². The van der Waals surface area contributed by atoms with Crippen LogP contribution >= 0.6 is 0 Å². The van der Waals surface area contributed by atoms with Crippen LogP contribution < -0.4 is 5.73 Å². The molecule has 0 radical (unpaired) electrons. The first kappa shape index (κ1) is 9.57. The number of nitrogens with two attached hydrogens (primary N) is 1. The second kappa shape index (κ2) is 3.64. The lowest BCUT2D eigenvalue weighted by Gasteiger charge is -2.00. The minimum Gasteiger partial charge on any atom is -0.368 e. The van der Waals surface area contributed by atoms with Gasteiger partial charge in [-0.15, -0.1) is 5.10 Å². The molecule has 0 spiro atoms. The third kappa shape index (κ3) is 1.78. The normalized spacial score (nSPS) is 10.5. The van der Waals surface area contributed by atoms with Crippen LogP contribution in [0.5, 0.6) is 0 Å². The zero-order valence-corrected chi connectivity index (χ0v) is 8.68. The zero-order chi connectivity index (χ0) is 10.8. The van der Waals surface area contributed by atoms with Gasteiger partial charge in [0.25, 0.3) is 0 Å². The van der Waals surface area contributed by atoms with Crippen LogP contribution in [0.2, 0.25) is 0 Å². The summed E-state index contributed by atoms with van der Waals surface area (Å²) in [5.41, 5.74) is 6.60. The standard InChI is InChI=1S/C9H12N6/c1-3-7-13-9(10)15(14-7)8-4-6(2)11-5-12-8/h4-5H,3H2,1-2H3,(H2,10,13,14). The number of aryl methyl sites for hydroxylation is 2. The lowest BCUT2D eigenvalue weighted by Crippen LogP contribution is -2.05. The van der Waals surface area contributed by atoms with Crippen LogP contribution in [0.3, 0.4) is 0 Å². The van der Waals surface area contributed by atoms with E-state index in [-0.39, 0.29) is 0 Å². The largest absolute Gasteiger partial charge is 0.368 e. The summed E-state index contributed by atoms with van der Waals surface area (Å²) in [5.74, 6) is 1.71. The number of nitrogens with zero attached hydrogens (tertiary/aromatic N) is 5. The smallest absolute Gasteiger partial charge is 0.225 e. The SMILES string of the molecule is CCc1nc(N)n(-c2cc(C)ncn2)n1. The molecule has 0 fully saturated rings. The minimum absolute atomic E-state index is 0.352. The summed E-state index contributed by atoms with van der Waals surface area (Å²) in [5, 5.41) is 4.23. The van der Waals surface area contributed by atoms with Crippen molar-refractivity contribution in [2.45, 2.75) is 20.3 Å². The Morgan fingerprint density at radius 1 is 1.40 bits per heavy atom. The molecule has 2 heterocycles. The molecule has 0 atom stereocenters. The summed E-state index contributed by atoms with van der Waals surface area (Å²) in [4.78, 5) is 12.2.